The van der Waals surface area contributed by atoms with Gasteiger partial charge in [-0.2, -0.15) is 0 Å². The summed E-state index contributed by atoms with van der Waals surface area (Å²) in [6.07, 6.45) is 3.89. The number of para-hydroxylation sites is 1. The summed E-state index contributed by atoms with van der Waals surface area (Å²) in [5.41, 5.74) is 8.18. The van der Waals surface area contributed by atoms with Crippen molar-refractivity contribution >= 4 is 16.9 Å². The molecule has 0 atom stereocenters. The second-order valence-corrected chi connectivity index (χ2v) is 5.61. The molecule has 106 valence electrons. The van der Waals surface area contributed by atoms with Crippen molar-refractivity contribution < 1.29 is 4.79 Å². The van der Waals surface area contributed by atoms with E-state index in [2.05, 4.69) is 15.3 Å². The predicted molar refractivity (Wildman–Crippen MR) is 78.5 cm³/mol. The topological polar surface area (TPSA) is 83.8 Å². The molecule has 0 saturated heterocycles. The van der Waals surface area contributed by atoms with Gasteiger partial charge in [0, 0.05) is 12.1 Å². The number of hydrogen-bond donors (Lipinski definition) is 3. The molecule has 1 aliphatic rings. The molecule has 1 aromatic carbocycles. The highest BCUT2D eigenvalue weighted by Gasteiger charge is 2.21. The Morgan fingerprint density at radius 2 is 2.10 bits per heavy atom. The maximum absolute atomic E-state index is 12.4. The number of rotatable bonds is 2. The molecule has 3 rings (SSSR count). The van der Waals surface area contributed by atoms with Crippen molar-refractivity contribution in [1.82, 2.24) is 15.3 Å². The third-order valence-electron chi connectivity index (χ3n) is 3.98. The highest BCUT2D eigenvalue weighted by atomic mass is 16.1. The number of hydrogen-bond acceptors (Lipinski definition) is 3. The van der Waals surface area contributed by atoms with E-state index in [1.807, 2.05) is 25.1 Å². The SMILES string of the molecule is Cc1nc2c(C(=O)N[C@H]3CC[C@H](N)CC3)cccc2[nH]1. The molecule has 0 radical (unpaired) electrons. The zero-order valence-electron chi connectivity index (χ0n) is 11.6. The van der Waals surface area contributed by atoms with Crippen LogP contribution in [0, 0.1) is 6.92 Å². The van der Waals surface area contributed by atoms with Gasteiger partial charge in [0.2, 0.25) is 0 Å². The maximum Gasteiger partial charge on any atom is 0.253 e. The molecule has 1 aliphatic carbocycles. The molecular formula is C15H20N4O. The molecule has 0 bridgehead atoms. The van der Waals surface area contributed by atoms with Gasteiger partial charge in [-0.1, -0.05) is 6.07 Å². The lowest BCUT2D eigenvalue weighted by Crippen LogP contribution is -2.40. The Morgan fingerprint density at radius 1 is 1.35 bits per heavy atom. The van der Waals surface area contributed by atoms with E-state index in [1.165, 1.54) is 0 Å². The van der Waals surface area contributed by atoms with Crippen molar-refractivity contribution in [2.45, 2.75) is 44.7 Å². The second kappa shape index (κ2) is 5.25. The van der Waals surface area contributed by atoms with Crippen LogP contribution in [-0.2, 0) is 0 Å². The van der Waals surface area contributed by atoms with Crippen molar-refractivity contribution in [3.63, 3.8) is 0 Å². The van der Waals surface area contributed by atoms with Crippen LogP contribution < -0.4 is 11.1 Å². The minimum Gasteiger partial charge on any atom is -0.349 e. The molecule has 0 aliphatic heterocycles. The molecule has 0 spiro atoms. The van der Waals surface area contributed by atoms with Crippen molar-refractivity contribution in [3.05, 3.63) is 29.6 Å². The van der Waals surface area contributed by atoms with Gasteiger partial charge in [0.15, 0.2) is 0 Å². The van der Waals surface area contributed by atoms with E-state index in [0.29, 0.717) is 11.6 Å². The van der Waals surface area contributed by atoms with E-state index in [-0.39, 0.29) is 11.9 Å². The van der Waals surface area contributed by atoms with Gasteiger partial charge in [0.25, 0.3) is 5.91 Å². The van der Waals surface area contributed by atoms with Crippen LogP contribution in [0.4, 0.5) is 0 Å². The first-order chi connectivity index (χ1) is 9.63. The van der Waals surface area contributed by atoms with Crippen LogP contribution in [0.1, 0.15) is 41.9 Å². The normalized spacial score (nSPS) is 22.9. The quantitative estimate of drug-likeness (QED) is 0.780. The lowest BCUT2D eigenvalue weighted by atomic mass is 9.91. The molecule has 2 aromatic rings. The summed E-state index contributed by atoms with van der Waals surface area (Å²) in [5.74, 6) is 0.784. The first kappa shape index (κ1) is 13.1. The molecular weight excluding hydrogens is 252 g/mol. The van der Waals surface area contributed by atoms with Gasteiger partial charge in [-0.15, -0.1) is 0 Å². The van der Waals surface area contributed by atoms with Crippen LogP contribution in [0.15, 0.2) is 18.2 Å². The van der Waals surface area contributed by atoms with Gasteiger partial charge < -0.3 is 16.0 Å². The molecule has 5 nitrogen and oxygen atoms in total. The lowest BCUT2D eigenvalue weighted by molar-refractivity contribution is 0.0927. The molecule has 1 saturated carbocycles. The highest BCUT2D eigenvalue weighted by Crippen LogP contribution is 2.20. The number of nitrogens with two attached hydrogens (primary N) is 1. The van der Waals surface area contributed by atoms with Crippen molar-refractivity contribution in [3.8, 4) is 0 Å². The van der Waals surface area contributed by atoms with E-state index in [4.69, 9.17) is 5.73 Å². The Balaban J connectivity index is 1.78. The van der Waals surface area contributed by atoms with Gasteiger partial charge in [-0.3, -0.25) is 4.79 Å². The molecule has 4 N–H and O–H groups in total. The zero-order chi connectivity index (χ0) is 14.1. The smallest absolute Gasteiger partial charge is 0.253 e. The molecule has 0 unspecified atom stereocenters. The largest absolute Gasteiger partial charge is 0.349 e. The van der Waals surface area contributed by atoms with E-state index < -0.39 is 0 Å². The van der Waals surface area contributed by atoms with Gasteiger partial charge in [-0.05, 0) is 44.7 Å². The summed E-state index contributed by atoms with van der Waals surface area (Å²) in [6.45, 7) is 1.89. The van der Waals surface area contributed by atoms with Crippen LogP contribution in [-0.4, -0.2) is 28.0 Å². The third-order valence-corrected chi connectivity index (χ3v) is 3.98. The minimum absolute atomic E-state index is 0.0393. The first-order valence-electron chi connectivity index (χ1n) is 7.15. The summed E-state index contributed by atoms with van der Waals surface area (Å²) in [4.78, 5) is 20.0. The van der Waals surface area contributed by atoms with Crippen LogP contribution in [0.5, 0.6) is 0 Å². The molecule has 20 heavy (non-hydrogen) atoms. The Hall–Kier alpha value is -1.88. The Bertz CT molecular complexity index is 626. The summed E-state index contributed by atoms with van der Waals surface area (Å²) >= 11 is 0. The average molecular weight is 272 g/mol. The molecule has 1 heterocycles. The van der Waals surface area contributed by atoms with Gasteiger partial charge in [-0.25, -0.2) is 4.98 Å². The van der Waals surface area contributed by atoms with E-state index >= 15 is 0 Å². The number of carbonyl (C=O) groups excluding carboxylic acids is 1. The Labute approximate surface area is 118 Å². The number of imidazole rings is 1. The number of carbonyl (C=O) groups is 1. The monoisotopic (exact) mass is 272 g/mol. The van der Waals surface area contributed by atoms with Crippen LogP contribution in [0.2, 0.25) is 0 Å². The fourth-order valence-corrected chi connectivity index (χ4v) is 2.87. The molecule has 5 heteroatoms. The number of amides is 1. The Kier molecular flexibility index (Phi) is 3.44. The number of benzene rings is 1. The molecule has 1 aromatic heterocycles. The Morgan fingerprint density at radius 3 is 2.85 bits per heavy atom. The maximum atomic E-state index is 12.4. The number of nitrogens with zero attached hydrogens (tertiary/aromatic N) is 1. The van der Waals surface area contributed by atoms with Crippen LogP contribution in [0.25, 0.3) is 11.0 Å². The number of aryl methyl sites for hydroxylation is 1. The minimum atomic E-state index is -0.0393. The number of fused-ring (bicyclic) bond motifs is 1. The lowest BCUT2D eigenvalue weighted by Gasteiger charge is -2.26. The van der Waals surface area contributed by atoms with E-state index in [1.54, 1.807) is 0 Å². The number of aromatic amines is 1. The first-order valence-corrected chi connectivity index (χ1v) is 7.15. The fourth-order valence-electron chi connectivity index (χ4n) is 2.87. The van der Waals surface area contributed by atoms with E-state index in [9.17, 15) is 4.79 Å². The number of H-pyrrole nitrogens is 1. The molecule has 1 amide bonds. The summed E-state index contributed by atoms with van der Waals surface area (Å²) in [5, 5.41) is 3.11. The van der Waals surface area contributed by atoms with Crippen molar-refractivity contribution in [2.24, 2.45) is 5.73 Å². The second-order valence-electron chi connectivity index (χ2n) is 5.61. The zero-order valence-corrected chi connectivity index (χ0v) is 11.6. The molecule has 1 fully saturated rings. The van der Waals surface area contributed by atoms with Crippen LogP contribution >= 0.6 is 0 Å². The summed E-state index contributed by atoms with van der Waals surface area (Å²) in [7, 11) is 0. The fraction of sp³-hybridized carbons (Fsp3) is 0.467. The standard InChI is InChI=1S/C15H20N4O/c1-9-17-13-4-2-3-12(14(13)18-9)15(20)19-11-7-5-10(16)6-8-11/h2-4,10-11H,5-8,16H2,1H3,(H,17,18)(H,19,20)/t10-,11-. The van der Waals surface area contributed by atoms with Crippen molar-refractivity contribution in [2.75, 3.05) is 0 Å². The number of aromatic nitrogens is 2. The van der Waals surface area contributed by atoms with Gasteiger partial charge >= 0.3 is 0 Å². The average Bonchev–Trinajstić information content (AvgIpc) is 2.81. The number of nitrogens with one attached hydrogen (secondary N) is 2. The third kappa shape index (κ3) is 2.54. The van der Waals surface area contributed by atoms with Gasteiger partial charge in [0.1, 0.15) is 11.3 Å². The summed E-state index contributed by atoms with van der Waals surface area (Å²) < 4.78 is 0. The van der Waals surface area contributed by atoms with Crippen molar-refractivity contribution in [1.29, 1.82) is 0 Å². The highest BCUT2D eigenvalue weighted by molar-refractivity contribution is 6.05. The summed E-state index contributed by atoms with van der Waals surface area (Å²) in [6, 6.07) is 6.17. The van der Waals surface area contributed by atoms with Gasteiger partial charge in [0.05, 0.1) is 11.1 Å². The van der Waals surface area contributed by atoms with Crippen LogP contribution in [0.3, 0.4) is 0 Å². The predicted octanol–water partition coefficient (Wildman–Crippen LogP) is 1.87. The van der Waals surface area contributed by atoms with E-state index in [0.717, 1.165) is 42.5 Å².